The van der Waals surface area contributed by atoms with Crippen LogP contribution in [0.2, 0.25) is 0 Å². The Balaban J connectivity index is 2.28. The first-order valence-electron chi connectivity index (χ1n) is 4.88. The predicted octanol–water partition coefficient (Wildman–Crippen LogP) is 1.39. The van der Waals surface area contributed by atoms with Crippen LogP contribution in [0.5, 0.6) is 0 Å². The fourth-order valence-corrected chi connectivity index (χ4v) is 1.20. The Kier molecular flexibility index (Phi) is 2.60. The monoisotopic (exact) mass is 217 g/mol. The van der Waals surface area contributed by atoms with Gasteiger partial charge in [0.2, 0.25) is 0 Å². The molecule has 0 aromatic carbocycles. The maximum Gasteiger partial charge on any atom is 0.275 e. The van der Waals surface area contributed by atoms with E-state index in [0.717, 1.165) is 6.54 Å². The van der Waals surface area contributed by atoms with Crippen molar-refractivity contribution in [3.8, 4) is 17.7 Å². The van der Waals surface area contributed by atoms with Crippen LogP contribution in [0.3, 0.4) is 0 Å². The summed E-state index contributed by atoms with van der Waals surface area (Å²) in [7, 11) is 1.88. The van der Waals surface area contributed by atoms with E-state index in [2.05, 4.69) is 15.1 Å². The number of aromatic amines is 1. The van der Waals surface area contributed by atoms with Gasteiger partial charge in [-0.1, -0.05) is 0 Å². The summed E-state index contributed by atoms with van der Waals surface area (Å²) in [5.41, 5.74) is 1.19. The minimum Gasteiger partial charge on any atom is -0.356 e. The maximum atomic E-state index is 8.68. The number of nitriles is 1. The molecule has 2 aromatic rings. The number of nitrogens with one attached hydrogen (secondary N) is 1. The average molecular weight is 217 g/mol. The molecule has 1 N–H and O–H groups in total. The highest BCUT2D eigenvalue weighted by molar-refractivity contribution is 5.53. The lowest BCUT2D eigenvalue weighted by atomic mass is 10.3. The normalized spacial score (nSPS) is 10.1. The van der Waals surface area contributed by atoms with E-state index in [1.165, 1.54) is 0 Å². The van der Waals surface area contributed by atoms with Gasteiger partial charge in [-0.05, 0) is 18.1 Å². The van der Waals surface area contributed by atoms with Gasteiger partial charge in [-0.2, -0.15) is 10.2 Å². The number of anilines is 1. The lowest BCUT2D eigenvalue weighted by molar-refractivity contribution is 0.429. The van der Waals surface area contributed by atoms with Gasteiger partial charge in [0.05, 0.1) is 5.56 Å². The molecule has 2 aromatic heterocycles. The first-order chi connectivity index (χ1) is 7.74. The van der Waals surface area contributed by atoms with Crippen molar-refractivity contribution in [3.05, 3.63) is 17.8 Å². The number of hydrogen-bond donors (Lipinski definition) is 1. The van der Waals surface area contributed by atoms with Crippen molar-refractivity contribution < 1.29 is 4.52 Å². The Bertz CT molecular complexity index is 521. The Labute approximate surface area is 92.5 Å². The minimum absolute atomic E-state index is 0.386. The lowest BCUT2D eigenvalue weighted by Crippen LogP contribution is -2.16. The van der Waals surface area contributed by atoms with Crippen LogP contribution in [-0.4, -0.2) is 28.7 Å². The first-order valence-corrected chi connectivity index (χ1v) is 4.88. The molecule has 6 nitrogen and oxygen atoms in total. The topological polar surface area (TPSA) is 81.7 Å². The molecule has 0 spiro atoms. The summed E-state index contributed by atoms with van der Waals surface area (Å²) in [6.45, 7) is 2.80. The Morgan fingerprint density at radius 1 is 1.62 bits per heavy atom. The van der Waals surface area contributed by atoms with E-state index in [1.54, 1.807) is 12.3 Å². The van der Waals surface area contributed by atoms with E-state index >= 15 is 0 Å². The summed E-state index contributed by atoms with van der Waals surface area (Å²) in [6, 6.07) is 3.70. The molecule has 0 aliphatic carbocycles. The maximum absolute atomic E-state index is 8.68. The molecule has 2 rings (SSSR count). The zero-order valence-corrected chi connectivity index (χ0v) is 9.06. The summed E-state index contributed by atoms with van der Waals surface area (Å²) >= 11 is 0. The highest BCUT2D eigenvalue weighted by Crippen LogP contribution is 2.19. The zero-order chi connectivity index (χ0) is 11.5. The van der Waals surface area contributed by atoms with Crippen molar-refractivity contribution in [2.45, 2.75) is 6.92 Å². The largest absolute Gasteiger partial charge is 0.356 e. The van der Waals surface area contributed by atoms with E-state index in [-0.39, 0.29) is 0 Å². The van der Waals surface area contributed by atoms with Crippen LogP contribution in [-0.2, 0) is 0 Å². The van der Waals surface area contributed by atoms with Crippen molar-refractivity contribution >= 4 is 5.95 Å². The van der Waals surface area contributed by atoms with Gasteiger partial charge in [-0.25, -0.2) is 0 Å². The molecule has 2 heterocycles. The highest BCUT2D eigenvalue weighted by Gasteiger charge is 2.12. The molecule has 82 valence electrons. The molecule has 0 saturated carbocycles. The quantitative estimate of drug-likeness (QED) is 0.840. The van der Waals surface area contributed by atoms with Gasteiger partial charge >= 0.3 is 0 Å². The van der Waals surface area contributed by atoms with Gasteiger partial charge in [0.15, 0.2) is 0 Å². The Morgan fingerprint density at radius 2 is 2.44 bits per heavy atom. The molecule has 0 aliphatic heterocycles. The second kappa shape index (κ2) is 4.06. The molecular formula is C10H11N5O. The van der Waals surface area contributed by atoms with Crippen molar-refractivity contribution in [2.24, 2.45) is 0 Å². The summed E-state index contributed by atoms with van der Waals surface area (Å²) in [5.74, 6) is 0.919. The molecule has 0 bridgehead atoms. The number of aromatic nitrogens is 3. The van der Waals surface area contributed by atoms with Gasteiger partial charge in [-0.3, -0.25) is 0 Å². The molecule has 0 unspecified atom stereocenters. The average Bonchev–Trinajstić information content (AvgIpc) is 2.95. The van der Waals surface area contributed by atoms with Gasteiger partial charge in [0.1, 0.15) is 11.8 Å². The molecule has 0 atom stereocenters. The Morgan fingerprint density at radius 3 is 3.06 bits per heavy atom. The van der Waals surface area contributed by atoms with Gasteiger partial charge in [-0.15, -0.1) is 0 Å². The molecular weight excluding hydrogens is 206 g/mol. The predicted molar refractivity (Wildman–Crippen MR) is 57.7 cm³/mol. The number of rotatable bonds is 3. The van der Waals surface area contributed by atoms with Crippen molar-refractivity contribution in [2.75, 3.05) is 18.5 Å². The van der Waals surface area contributed by atoms with Crippen LogP contribution in [0.25, 0.3) is 11.6 Å². The summed E-state index contributed by atoms with van der Waals surface area (Å²) in [4.78, 5) is 8.97. The van der Waals surface area contributed by atoms with Crippen LogP contribution >= 0.6 is 0 Å². The smallest absolute Gasteiger partial charge is 0.275 e. The van der Waals surface area contributed by atoms with Crippen LogP contribution in [0, 0.1) is 11.3 Å². The molecule has 0 saturated heterocycles. The van der Waals surface area contributed by atoms with Crippen molar-refractivity contribution in [1.82, 2.24) is 15.1 Å². The lowest BCUT2D eigenvalue weighted by Gasteiger charge is -2.08. The highest BCUT2D eigenvalue weighted by atomic mass is 16.5. The van der Waals surface area contributed by atoms with Gasteiger partial charge in [0, 0.05) is 19.8 Å². The van der Waals surface area contributed by atoms with Crippen molar-refractivity contribution in [3.63, 3.8) is 0 Å². The zero-order valence-electron chi connectivity index (χ0n) is 9.06. The van der Waals surface area contributed by atoms with Crippen LogP contribution < -0.4 is 4.90 Å². The Hall–Kier alpha value is -2.29. The van der Waals surface area contributed by atoms with E-state index in [4.69, 9.17) is 9.78 Å². The van der Waals surface area contributed by atoms with Crippen LogP contribution in [0.1, 0.15) is 12.5 Å². The third kappa shape index (κ3) is 1.75. The molecule has 16 heavy (non-hydrogen) atoms. The fraction of sp³-hybridized carbons (Fsp3) is 0.300. The minimum atomic E-state index is 0.386. The standard InChI is InChI=1S/C10H11N5O/c1-3-15(2)10-13-9(16-14-10)8-4-7(5-11)6-12-8/h4,6,12H,3H2,1-2H3. The van der Waals surface area contributed by atoms with E-state index < -0.39 is 0 Å². The van der Waals surface area contributed by atoms with E-state index in [0.29, 0.717) is 23.1 Å². The van der Waals surface area contributed by atoms with Gasteiger partial charge in [0.25, 0.3) is 11.8 Å². The van der Waals surface area contributed by atoms with Crippen molar-refractivity contribution in [1.29, 1.82) is 5.26 Å². The second-order valence-electron chi connectivity index (χ2n) is 3.33. The molecule has 6 heteroatoms. The third-order valence-corrected chi connectivity index (χ3v) is 2.27. The molecule has 0 aliphatic rings. The van der Waals surface area contributed by atoms with E-state index in [9.17, 15) is 0 Å². The number of nitrogens with zero attached hydrogens (tertiary/aromatic N) is 4. The second-order valence-corrected chi connectivity index (χ2v) is 3.33. The molecule has 0 amide bonds. The summed E-state index contributed by atoms with van der Waals surface area (Å²) < 4.78 is 5.09. The number of hydrogen-bond acceptors (Lipinski definition) is 5. The number of H-pyrrole nitrogens is 1. The third-order valence-electron chi connectivity index (χ3n) is 2.27. The first kappa shape index (κ1) is 10.2. The fourth-order valence-electron chi connectivity index (χ4n) is 1.20. The van der Waals surface area contributed by atoms with Gasteiger partial charge < -0.3 is 14.4 Å². The summed E-state index contributed by atoms with van der Waals surface area (Å²) in [6.07, 6.45) is 1.60. The van der Waals surface area contributed by atoms with E-state index in [1.807, 2.05) is 24.9 Å². The molecule has 0 fully saturated rings. The van der Waals surface area contributed by atoms with Crippen LogP contribution in [0.4, 0.5) is 5.95 Å². The summed E-state index contributed by atoms with van der Waals surface area (Å²) in [5, 5.41) is 12.5. The van der Waals surface area contributed by atoms with Crippen LogP contribution in [0.15, 0.2) is 16.8 Å². The molecule has 0 radical (unpaired) electrons. The SMILES string of the molecule is CCN(C)c1noc(-c2cc(C#N)c[nH]2)n1.